The minimum absolute atomic E-state index is 0.0262. The van der Waals surface area contributed by atoms with Gasteiger partial charge in [-0.2, -0.15) is 0 Å². The van der Waals surface area contributed by atoms with E-state index in [-0.39, 0.29) is 23.6 Å². The first-order valence-electron chi connectivity index (χ1n) is 8.50. The first kappa shape index (κ1) is 16.8. The van der Waals surface area contributed by atoms with E-state index in [1.165, 1.54) is 0 Å². The summed E-state index contributed by atoms with van der Waals surface area (Å²) in [5.74, 6) is 0.0530. The van der Waals surface area contributed by atoms with Crippen molar-refractivity contribution in [3.63, 3.8) is 0 Å². The molecular formula is C17H31NO3. The Labute approximate surface area is 128 Å². The minimum atomic E-state index is -0.380. The molecule has 0 spiro atoms. The normalized spacial score (nSPS) is 34.5. The summed E-state index contributed by atoms with van der Waals surface area (Å²) in [5, 5.41) is 13.3. The van der Waals surface area contributed by atoms with E-state index in [0.717, 1.165) is 51.4 Å². The van der Waals surface area contributed by atoms with Gasteiger partial charge in [0.25, 0.3) is 0 Å². The van der Waals surface area contributed by atoms with Crippen LogP contribution in [0.25, 0.3) is 0 Å². The maximum absolute atomic E-state index is 12.1. The molecule has 2 saturated carbocycles. The van der Waals surface area contributed by atoms with Gasteiger partial charge in [0.1, 0.15) is 5.60 Å². The Kier molecular flexibility index (Phi) is 5.67. The lowest BCUT2D eigenvalue weighted by atomic mass is 9.84. The molecular weight excluding hydrogens is 266 g/mol. The highest BCUT2D eigenvalue weighted by Gasteiger charge is 2.31. The number of carbonyl (C=O) groups is 1. The molecule has 0 aromatic heterocycles. The highest BCUT2D eigenvalue weighted by Crippen LogP contribution is 2.28. The van der Waals surface area contributed by atoms with Crippen molar-refractivity contribution in [3.8, 4) is 0 Å². The average molecular weight is 297 g/mol. The SMILES string of the molecule is CC(C)(C)OC(=O)C1CCC(NC2CCC(O)CC2)CC1. The fraction of sp³-hybridized carbons (Fsp3) is 0.941. The predicted octanol–water partition coefficient (Wildman–Crippen LogP) is 2.78. The van der Waals surface area contributed by atoms with Crippen molar-refractivity contribution in [1.29, 1.82) is 0 Å². The van der Waals surface area contributed by atoms with Crippen LogP contribution in [0.15, 0.2) is 0 Å². The third-order valence-electron chi connectivity index (χ3n) is 4.64. The Hall–Kier alpha value is -0.610. The number of aliphatic hydroxyl groups excluding tert-OH is 1. The molecule has 4 nitrogen and oxygen atoms in total. The zero-order valence-electron chi connectivity index (χ0n) is 13.7. The number of ether oxygens (including phenoxy) is 1. The Morgan fingerprint density at radius 3 is 1.90 bits per heavy atom. The first-order valence-corrected chi connectivity index (χ1v) is 8.50. The standard InChI is InChI=1S/C17H31NO3/c1-17(2,3)21-16(20)12-4-6-13(7-5-12)18-14-8-10-15(19)11-9-14/h12-15,18-19H,4-11H2,1-3H3. The number of carbonyl (C=O) groups excluding carboxylic acids is 1. The topological polar surface area (TPSA) is 58.6 Å². The third-order valence-corrected chi connectivity index (χ3v) is 4.64. The van der Waals surface area contributed by atoms with E-state index in [2.05, 4.69) is 5.32 Å². The van der Waals surface area contributed by atoms with Gasteiger partial charge >= 0.3 is 5.97 Å². The van der Waals surface area contributed by atoms with Gasteiger partial charge in [0, 0.05) is 12.1 Å². The molecule has 2 aliphatic rings. The summed E-state index contributed by atoms with van der Waals surface area (Å²) in [5.41, 5.74) is -0.380. The molecule has 2 rings (SSSR count). The largest absolute Gasteiger partial charge is 0.460 e. The zero-order valence-corrected chi connectivity index (χ0v) is 13.7. The highest BCUT2D eigenvalue weighted by atomic mass is 16.6. The third kappa shape index (κ3) is 5.59. The van der Waals surface area contributed by atoms with Crippen LogP contribution in [0.2, 0.25) is 0 Å². The van der Waals surface area contributed by atoms with Crippen LogP contribution in [-0.2, 0) is 9.53 Å². The second-order valence-electron chi connectivity index (χ2n) is 7.75. The smallest absolute Gasteiger partial charge is 0.309 e. The second kappa shape index (κ2) is 7.10. The van der Waals surface area contributed by atoms with Gasteiger partial charge in [-0.15, -0.1) is 0 Å². The lowest BCUT2D eigenvalue weighted by Gasteiger charge is -2.34. The monoisotopic (exact) mass is 297 g/mol. The molecule has 21 heavy (non-hydrogen) atoms. The van der Waals surface area contributed by atoms with Crippen molar-refractivity contribution in [3.05, 3.63) is 0 Å². The molecule has 0 bridgehead atoms. The summed E-state index contributed by atoms with van der Waals surface area (Å²) in [6.07, 6.45) is 7.89. The van der Waals surface area contributed by atoms with Crippen molar-refractivity contribution in [1.82, 2.24) is 5.32 Å². The van der Waals surface area contributed by atoms with Gasteiger partial charge in [0.15, 0.2) is 0 Å². The Bertz CT molecular complexity index is 334. The van der Waals surface area contributed by atoms with Crippen LogP contribution >= 0.6 is 0 Å². The Morgan fingerprint density at radius 2 is 1.43 bits per heavy atom. The fourth-order valence-corrected chi connectivity index (χ4v) is 3.46. The molecule has 0 heterocycles. The lowest BCUT2D eigenvalue weighted by molar-refractivity contribution is -0.161. The van der Waals surface area contributed by atoms with Crippen LogP contribution in [0.3, 0.4) is 0 Å². The molecule has 4 heteroatoms. The van der Waals surface area contributed by atoms with Crippen LogP contribution < -0.4 is 5.32 Å². The minimum Gasteiger partial charge on any atom is -0.460 e. The number of nitrogens with one attached hydrogen (secondary N) is 1. The van der Waals surface area contributed by atoms with E-state index in [4.69, 9.17) is 4.74 Å². The van der Waals surface area contributed by atoms with Gasteiger partial charge in [-0.3, -0.25) is 4.79 Å². The summed E-state index contributed by atoms with van der Waals surface area (Å²) < 4.78 is 5.49. The Morgan fingerprint density at radius 1 is 0.952 bits per heavy atom. The molecule has 0 unspecified atom stereocenters. The van der Waals surface area contributed by atoms with Crippen LogP contribution in [0.4, 0.5) is 0 Å². The van der Waals surface area contributed by atoms with Gasteiger partial charge < -0.3 is 15.2 Å². The van der Waals surface area contributed by atoms with Crippen LogP contribution in [-0.4, -0.2) is 34.9 Å². The van der Waals surface area contributed by atoms with E-state index in [9.17, 15) is 9.90 Å². The molecule has 0 radical (unpaired) electrons. The van der Waals surface area contributed by atoms with Crippen molar-refractivity contribution in [2.45, 2.75) is 95.9 Å². The summed E-state index contributed by atoms with van der Waals surface area (Å²) in [6.45, 7) is 5.78. The van der Waals surface area contributed by atoms with Crippen LogP contribution in [0, 0.1) is 5.92 Å². The molecule has 0 atom stereocenters. The molecule has 2 N–H and O–H groups in total. The van der Waals surface area contributed by atoms with Crippen molar-refractivity contribution >= 4 is 5.97 Å². The molecule has 2 fully saturated rings. The highest BCUT2D eigenvalue weighted by molar-refractivity contribution is 5.73. The van der Waals surface area contributed by atoms with Crippen LogP contribution in [0.5, 0.6) is 0 Å². The number of esters is 1. The number of rotatable bonds is 3. The molecule has 122 valence electrons. The van der Waals surface area contributed by atoms with Gasteiger partial charge in [-0.05, 0) is 72.1 Å². The molecule has 0 aromatic carbocycles. The second-order valence-corrected chi connectivity index (χ2v) is 7.75. The van der Waals surface area contributed by atoms with Gasteiger partial charge in [0.2, 0.25) is 0 Å². The summed E-state index contributed by atoms with van der Waals surface area (Å²) in [7, 11) is 0. The maximum Gasteiger partial charge on any atom is 0.309 e. The zero-order chi connectivity index (χ0) is 15.5. The Balaban J connectivity index is 1.69. The van der Waals surface area contributed by atoms with E-state index in [1.807, 2.05) is 20.8 Å². The fourth-order valence-electron chi connectivity index (χ4n) is 3.46. The quantitative estimate of drug-likeness (QED) is 0.787. The molecule has 0 aromatic rings. The van der Waals surface area contributed by atoms with Crippen molar-refractivity contribution < 1.29 is 14.6 Å². The van der Waals surface area contributed by atoms with Crippen molar-refractivity contribution in [2.75, 3.05) is 0 Å². The van der Waals surface area contributed by atoms with Gasteiger partial charge in [-0.1, -0.05) is 0 Å². The van der Waals surface area contributed by atoms with Crippen molar-refractivity contribution in [2.24, 2.45) is 5.92 Å². The number of aliphatic hydroxyl groups is 1. The van der Waals surface area contributed by atoms with E-state index in [1.54, 1.807) is 0 Å². The van der Waals surface area contributed by atoms with Gasteiger partial charge in [0.05, 0.1) is 12.0 Å². The molecule has 0 aliphatic heterocycles. The van der Waals surface area contributed by atoms with E-state index >= 15 is 0 Å². The van der Waals surface area contributed by atoms with Gasteiger partial charge in [-0.25, -0.2) is 0 Å². The summed E-state index contributed by atoms with van der Waals surface area (Å²) in [4.78, 5) is 12.1. The summed E-state index contributed by atoms with van der Waals surface area (Å²) in [6, 6.07) is 1.08. The first-order chi connectivity index (χ1) is 9.83. The molecule has 0 saturated heterocycles. The van der Waals surface area contributed by atoms with E-state index in [0.29, 0.717) is 12.1 Å². The molecule has 2 aliphatic carbocycles. The maximum atomic E-state index is 12.1. The van der Waals surface area contributed by atoms with Crippen LogP contribution in [0.1, 0.15) is 72.1 Å². The summed E-state index contributed by atoms with van der Waals surface area (Å²) >= 11 is 0. The number of hydrogen-bond donors (Lipinski definition) is 2. The molecule has 0 amide bonds. The predicted molar refractivity (Wildman–Crippen MR) is 83.0 cm³/mol. The lowest BCUT2D eigenvalue weighted by Crippen LogP contribution is -2.43. The average Bonchev–Trinajstić information content (AvgIpc) is 2.40. The van der Waals surface area contributed by atoms with E-state index < -0.39 is 0 Å². The number of hydrogen-bond acceptors (Lipinski definition) is 4.